The predicted octanol–water partition coefficient (Wildman–Crippen LogP) is 3.34. The average Bonchev–Trinajstić information content (AvgIpc) is 2.88. The second-order valence-electron chi connectivity index (χ2n) is 5.57. The molecular weight excluding hydrogens is 230 g/mol. The van der Waals surface area contributed by atoms with Crippen LogP contribution in [0.1, 0.15) is 57.8 Å². The predicted molar refractivity (Wildman–Crippen MR) is 75.5 cm³/mol. The van der Waals surface area contributed by atoms with Gasteiger partial charge in [-0.05, 0) is 38.5 Å². The Balaban J connectivity index is 1.52. The van der Waals surface area contributed by atoms with E-state index in [0.29, 0.717) is 12.1 Å². The highest BCUT2D eigenvalue weighted by Gasteiger charge is 2.18. The van der Waals surface area contributed by atoms with Crippen LogP contribution in [0.5, 0.6) is 0 Å². The fourth-order valence-corrected chi connectivity index (χ4v) is 4.20. The van der Waals surface area contributed by atoms with Crippen molar-refractivity contribution in [2.24, 2.45) is 5.73 Å². The first-order chi connectivity index (χ1) is 8.34. The van der Waals surface area contributed by atoms with Gasteiger partial charge in [-0.1, -0.05) is 19.3 Å². The third-order valence-electron chi connectivity index (χ3n) is 3.98. The number of hydrogen-bond donors (Lipinski definition) is 1. The summed E-state index contributed by atoms with van der Waals surface area (Å²) in [4.78, 5) is 0. The average molecular weight is 257 g/mol. The second kappa shape index (κ2) is 7.65. The van der Waals surface area contributed by atoms with Crippen LogP contribution >= 0.6 is 11.8 Å². The Hall–Kier alpha value is 0.270. The van der Waals surface area contributed by atoms with Gasteiger partial charge in [-0.15, -0.1) is 0 Å². The van der Waals surface area contributed by atoms with Crippen molar-refractivity contribution in [3.8, 4) is 0 Å². The Morgan fingerprint density at radius 1 is 1.12 bits per heavy atom. The van der Waals surface area contributed by atoms with Gasteiger partial charge in [0.15, 0.2) is 0 Å². The fourth-order valence-electron chi connectivity index (χ4n) is 2.85. The van der Waals surface area contributed by atoms with Gasteiger partial charge in [-0.2, -0.15) is 11.8 Å². The molecule has 0 radical (unpaired) electrons. The molecule has 0 aromatic carbocycles. The molecule has 1 aliphatic carbocycles. The summed E-state index contributed by atoms with van der Waals surface area (Å²) in [6.07, 6.45) is 12.5. The van der Waals surface area contributed by atoms with Crippen molar-refractivity contribution >= 4 is 11.8 Å². The van der Waals surface area contributed by atoms with E-state index < -0.39 is 0 Å². The van der Waals surface area contributed by atoms with E-state index in [1.807, 2.05) is 0 Å². The van der Waals surface area contributed by atoms with Crippen LogP contribution in [0.3, 0.4) is 0 Å². The lowest BCUT2D eigenvalue weighted by molar-refractivity contribution is 0.101. The molecule has 0 amide bonds. The summed E-state index contributed by atoms with van der Waals surface area (Å²) in [5, 5.41) is 0.900. The fraction of sp³-hybridized carbons (Fsp3) is 1.00. The van der Waals surface area contributed by atoms with Crippen LogP contribution < -0.4 is 5.73 Å². The SMILES string of the molecule is NC(CCC1CCCO1)CSC1CCCCC1. The van der Waals surface area contributed by atoms with E-state index in [0.717, 1.165) is 24.0 Å². The normalized spacial score (nSPS) is 28.4. The quantitative estimate of drug-likeness (QED) is 0.792. The summed E-state index contributed by atoms with van der Waals surface area (Å²) in [5.74, 6) is 1.15. The van der Waals surface area contributed by atoms with Gasteiger partial charge >= 0.3 is 0 Å². The van der Waals surface area contributed by atoms with Gasteiger partial charge in [-0.25, -0.2) is 0 Å². The summed E-state index contributed by atoms with van der Waals surface area (Å²) in [6.45, 7) is 0.969. The molecular formula is C14H27NOS. The lowest BCUT2D eigenvalue weighted by Gasteiger charge is -2.23. The number of hydrogen-bond acceptors (Lipinski definition) is 3. The molecule has 0 bridgehead atoms. The molecule has 0 spiro atoms. The third-order valence-corrected chi connectivity index (χ3v) is 5.55. The zero-order valence-electron chi connectivity index (χ0n) is 10.9. The Labute approximate surface area is 110 Å². The lowest BCUT2D eigenvalue weighted by atomic mass is 10.0. The lowest BCUT2D eigenvalue weighted by Crippen LogP contribution is -2.26. The minimum atomic E-state index is 0.381. The molecule has 3 heteroatoms. The standard InChI is InChI=1S/C14H27NOS/c15-12(8-9-13-5-4-10-16-13)11-17-14-6-2-1-3-7-14/h12-14H,1-11,15H2. The van der Waals surface area contributed by atoms with E-state index in [-0.39, 0.29) is 0 Å². The van der Waals surface area contributed by atoms with E-state index in [9.17, 15) is 0 Å². The third kappa shape index (κ3) is 5.19. The van der Waals surface area contributed by atoms with E-state index in [1.165, 1.54) is 51.4 Å². The summed E-state index contributed by atoms with van der Waals surface area (Å²) in [5.41, 5.74) is 6.19. The zero-order valence-corrected chi connectivity index (χ0v) is 11.7. The van der Waals surface area contributed by atoms with Crippen LogP contribution in [0, 0.1) is 0 Å². The van der Waals surface area contributed by atoms with Crippen LogP contribution in [0.4, 0.5) is 0 Å². The van der Waals surface area contributed by atoms with E-state index in [2.05, 4.69) is 11.8 Å². The molecule has 2 unspecified atom stereocenters. The molecule has 1 saturated heterocycles. The molecule has 2 aliphatic rings. The van der Waals surface area contributed by atoms with E-state index in [1.54, 1.807) is 0 Å². The molecule has 0 aromatic heterocycles. The minimum absolute atomic E-state index is 0.381. The Morgan fingerprint density at radius 3 is 2.65 bits per heavy atom. The number of thioether (sulfide) groups is 1. The first-order valence-corrected chi connectivity index (χ1v) is 8.38. The van der Waals surface area contributed by atoms with Crippen LogP contribution in [0.15, 0.2) is 0 Å². The van der Waals surface area contributed by atoms with Crippen LogP contribution in [0.25, 0.3) is 0 Å². The Bertz CT molecular complexity index is 200. The molecule has 2 fully saturated rings. The van der Waals surface area contributed by atoms with Gasteiger partial charge in [0, 0.05) is 23.7 Å². The smallest absolute Gasteiger partial charge is 0.0576 e. The van der Waals surface area contributed by atoms with Gasteiger partial charge in [0.05, 0.1) is 6.10 Å². The summed E-state index contributed by atoms with van der Waals surface area (Å²) in [7, 11) is 0. The van der Waals surface area contributed by atoms with E-state index in [4.69, 9.17) is 10.5 Å². The Morgan fingerprint density at radius 2 is 1.94 bits per heavy atom. The first-order valence-electron chi connectivity index (χ1n) is 7.33. The first kappa shape index (κ1) is 13.7. The molecule has 17 heavy (non-hydrogen) atoms. The molecule has 2 nitrogen and oxygen atoms in total. The molecule has 1 aliphatic heterocycles. The maximum atomic E-state index is 6.19. The maximum absolute atomic E-state index is 6.19. The number of nitrogens with two attached hydrogens (primary N) is 1. The Kier molecular flexibility index (Phi) is 6.16. The van der Waals surface area contributed by atoms with Gasteiger partial charge < -0.3 is 10.5 Å². The number of ether oxygens (including phenoxy) is 1. The second-order valence-corrected chi connectivity index (χ2v) is 6.90. The van der Waals surface area contributed by atoms with Crippen molar-refractivity contribution in [2.45, 2.75) is 75.2 Å². The summed E-state index contributed by atoms with van der Waals surface area (Å²) < 4.78 is 5.64. The van der Waals surface area contributed by atoms with Crippen molar-refractivity contribution in [1.29, 1.82) is 0 Å². The van der Waals surface area contributed by atoms with Crippen molar-refractivity contribution in [3.05, 3.63) is 0 Å². The van der Waals surface area contributed by atoms with Gasteiger partial charge in [0.2, 0.25) is 0 Å². The largest absolute Gasteiger partial charge is 0.378 e. The molecule has 2 atom stereocenters. The maximum Gasteiger partial charge on any atom is 0.0576 e. The minimum Gasteiger partial charge on any atom is -0.378 e. The highest BCUT2D eigenvalue weighted by atomic mass is 32.2. The molecule has 1 heterocycles. The van der Waals surface area contributed by atoms with Gasteiger partial charge in [0.25, 0.3) is 0 Å². The van der Waals surface area contributed by atoms with Gasteiger partial charge in [-0.3, -0.25) is 0 Å². The van der Waals surface area contributed by atoms with Crippen molar-refractivity contribution < 1.29 is 4.74 Å². The van der Waals surface area contributed by atoms with Crippen molar-refractivity contribution in [2.75, 3.05) is 12.4 Å². The summed E-state index contributed by atoms with van der Waals surface area (Å²) >= 11 is 2.12. The number of rotatable bonds is 6. The van der Waals surface area contributed by atoms with Gasteiger partial charge in [0.1, 0.15) is 0 Å². The van der Waals surface area contributed by atoms with E-state index >= 15 is 0 Å². The highest BCUT2D eigenvalue weighted by Crippen LogP contribution is 2.29. The highest BCUT2D eigenvalue weighted by molar-refractivity contribution is 7.99. The molecule has 1 saturated carbocycles. The topological polar surface area (TPSA) is 35.2 Å². The van der Waals surface area contributed by atoms with Crippen molar-refractivity contribution in [3.63, 3.8) is 0 Å². The van der Waals surface area contributed by atoms with Crippen LogP contribution in [-0.4, -0.2) is 29.8 Å². The summed E-state index contributed by atoms with van der Waals surface area (Å²) in [6, 6.07) is 0.381. The molecule has 0 aromatic rings. The van der Waals surface area contributed by atoms with Crippen LogP contribution in [-0.2, 0) is 4.74 Å². The van der Waals surface area contributed by atoms with Crippen LogP contribution in [0.2, 0.25) is 0 Å². The van der Waals surface area contributed by atoms with Crippen molar-refractivity contribution in [1.82, 2.24) is 0 Å². The monoisotopic (exact) mass is 257 g/mol. The molecule has 100 valence electrons. The molecule has 2 rings (SSSR count). The molecule has 2 N–H and O–H groups in total. The zero-order chi connectivity index (χ0) is 11.9.